The third kappa shape index (κ3) is 2.70. The summed E-state index contributed by atoms with van der Waals surface area (Å²) in [6.45, 7) is 1.07. The molecule has 0 radical (unpaired) electrons. The van der Waals surface area contributed by atoms with Gasteiger partial charge in [0.15, 0.2) is 0 Å². The monoisotopic (exact) mass is 330 g/mol. The Balaban J connectivity index is 1.81. The number of nitrogens with zero attached hydrogens (tertiary/aromatic N) is 1. The second kappa shape index (κ2) is 5.67. The number of halogens is 1. The number of carbonyl (C=O) groups excluding carboxylic acids is 1. The summed E-state index contributed by atoms with van der Waals surface area (Å²) < 4.78 is 1.01. The van der Waals surface area contributed by atoms with Crippen molar-refractivity contribution in [2.24, 2.45) is 0 Å². The van der Waals surface area contributed by atoms with Crippen LogP contribution in [0.2, 0.25) is 0 Å². The normalized spacial score (nSPS) is 13.8. The molecule has 3 nitrogen and oxygen atoms in total. The number of hydrogen-bond donors (Lipinski definition) is 1. The summed E-state index contributed by atoms with van der Waals surface area (Å²) in [6.07, 6.45) is 0.863. The van der Waals surface area contributed by atoms with E-state index in [0.29, 0.717) is 13.1 Å². The molecule has 4 heteroatoms. The van der Waals surface area contributed by atoms with Crippen LogP contribution < -0.4 is 10.2 Å². The van der Waals surface area contributed by atoms with Crippen molar-refractivity contribution in [1.29, 1.82) is 0 Å². The Bertz CT molecular complexity index is 628. The molecule has 0 bridgehead atoms. The zero-order valence-corrected chi connectivity index (χ0v) is 12.6. The lowest BCUT2D eigenvalue weighted by Crippen LogP contribution is -2.41. The number of carbonyl (C=O) groups is 1. The Morgan fingerprint density at radius 1 is 1.15 bits per heavy atom. The van der Waals surface area contributed by atoms with Crippen LogP contribution in [0.4, 0.5) is 11.4 Å². The molecule has 1 amide bonds. The highest BCUT2D eigenvalue weighted by Crippen LogP contribution is 2.32. The molecular formula is C16H15BrN2O. The highest BCUT2D eigenvalue weighted by molar-refractivity contribution is 9.10. The van der Waals surface area contributed by atoms with Crippen molar-refractivity contribution in [2.45, 2.75) is 6.42 Å². The van der Waals surface area contributed by atoms with Gasteiger partial charge in [-0.3, -0.25) is 4.79 Å². The van der Waals surface area contributed by atoms with Gasteiger partial charge in [0.25, 0.3) is 0 Å². The van der Waals surface area contributed by atoms with Gasteiger partial charge in [-0.05, 0) is 30.2 Å². The molecule has 1 N–H and O–H groups in total. The van der Waals surface area contributed by atoms with E-state index in [2.05, 4.69) is 33.4 Å². The Morgan fingerprint density at radius 2 is 1.95 bits per heavy atom. The molecule has 1 heterocycles. The first-order valence-corrected chi connectivity index (χ1v) is 7.41. The quantitative estimate of drug-likeness (QED) is 0.934. The summed E-state index contributed by atoms with van der Waals surface area (Å²) >= 11 is 3.46. The minimum absolute atomic E-state index is 0.121. The van der Waals surface area contributed by atoms with Crippen LogP contribution in [0.15, 0.2) is 53.0 Å². The molecule has 2 aromatic carbocycles. The van der Waals surface area contributed by atoms with Crippen molar-refractivity contribution >= 4 is 33.2 Å². The molecule has 1 aliphatic rings. The summed E-state index contributed by atoms with van der Waals surface area (Å²) in [7, 11) is 0. The SMILES string of the molecule is O=C1CNc2cc(Br)ccc2N1CCc1ccccc1. The largest absolute Gasteiger partial charge is 0.374 e. The Hall–Kier alpha value is -1.81. The molecular weight excluding hydrogens is 316 g/mol. The lowest BCUT2D eigenvalue weighted by molar-refractivity contribution is -0.117. The minimum Gasteiger partial charge on any atom is -0.374 e. The van der Waals surface area contributed by atoms with Crippen LogP contribution >= 0.6 is 15.9 Å². The highest BCUT2D eigenvalue weighted by atomic mass is 79.9. The molecule has 0 spiro atoms. The molecule has 0 aliphatic carbocycles. The third-order valence-corrected chi connectivity index (χ3v) is 3.94. The van der Waals surface area contributed by atoms with Gasteiger partial charge in [0.2, 0.25) is 5.91 Å². The Kier molecular flexibility index (Phi) is 3.74. The van der Waals surface area contributed by atoms with Gasteiger partial charge in [-0.15, -0.1) is 0 Å². The van der Waals surface area contributed by atoms with Gasteiger partial charge in [-0.25, -0.2) is 0 Å². The molecule has 3 rings (SSSR count). The molecule has 0 aromatic heterocycles. The predicted octanol–water partition coefficient (Wildman–Crippen LogP) is 3.45. The summed E-state index contributed by atoms with van der Waals surface area (Å²) in [5, 5.41) is 3.16. The summed E-state index contributed by atoms with van der Waals surface area (Å²) in [5.41, 5.74) is 3.21. The Labute approximate surface area is 126 Å². The van der Waals surface area contributed by atoms with E-state index in [1.54, 1.807) is 0 Å². The molecule has 0 saturated carbocycles. The number of benzene rings is 2. The molecule has 0 saturated heterocycles. The molecule has 0 atom stereocenters. The van der Waals surface area contributed by atoms with E-state index in [1.165, 1.54) is 5.56 Å². The van der Waals surface area contributed by atoms with Crippen molar-refractivity contribution < 1.29 is 4.79 Å². The number of fused-ring (bicyclic) bond motifs is 1. The van der Waals surface area contributed by atoms with E-state index >= 15 is 0 Å². The van der Waals surface area contributed by atoms with Gasteiger partial charge in [-0.2, -0.15) is 0 Å². The van der Waals surface area contributed by atoms with Crippen molar-refractivity contribution in [3.63, 3.8) is 0 Å². The van der Waals surface area contributed by atoms with Gasteiger partial charge < -0.3 is 10.2 Å². The van der Waals surface area contributed by atoms with E-state index in [-0.39, 0.29) is 5.91 Å². The van der Waals surface area contributed by atoms with E-state index in [0.717, 1.165) is 22.3 Å². The molecule has 20 heavy (non-hydrogen) atoms. The van der Waals surface area contributed by atoms with E-state index in [1.807, 2.05) is 41.3 Å². The second-order valence-electron chi connectivity index (χ2n) is 4.80. The molecule has 0 unspecified atom stereocenters. The maximum absolute atomic E-state index is 12.1. The fourth-order valence-corrected chi connectivity index (χ4v) is 2.78. The maximum atomic E-state index is 12.1. The topological polar surface area (TPSA) is 32.3 Å². The van der Waals surface area contributed by atoms with Crippen LogP contribution in [0, 0.1) is 0 Å². The van der Waals surface area contributed by atoms with Crippen LogP contribution in [0.5, 0.6) is 0 Å². The first-order chi connectivity index (χ1) is 9.74. The first-order valence-electron chi connectivity index (χ1n) is 6.62. The molecule has 2 aromatic rings. The standard InChI is InChI=1S/C16H15BrN2O/c17-13-6-7-15-14(10-13)18-11-16(20)19(15)9-8-12-4-2-1-3-5-12/h1-7,10,18H,8-9,11H2. The number of anilines is 2. The van der Waals surface area contributed by atoms with Crippen molar-refractivity contribution in [1.82, 2.24) is 0 Å². The lowest BCUT2D eigenvalue weighted by atomic mass is 10.1. The van der Waals surface area contributed by atoms with Gasteiger partial charge in [0.1, 0.15) is 0 Å². The molecule has 102 valence electrons. The van der Waals surface area contributed by atoms with E-state index < -0.39 is 0 Å². The maximum Gasteiger partial charge on any atom is 0.246 e. The predicted molar refractivity (Wildman–Crippen MR) is 85.1 cm³/mol. The minimum atomic E-state index is 0.121. The van der Waals surface area contributed by atoms with E-state index in [4.69, 9.17) is 0 Å². The molecule has 1 aliphatic heterocycles. The highest BCUT2D eigenvalue weighted by Gasteiger charge is 2.23. The van der Waals surface area contributed by atoms with Gasteiger partial charge >= 0.3 is 0 Å². The average molecular weight is 331 g/mol. The zero-order valence-electron chi connectivity index (χ0n) is 11.0. The van der Waals surface area contributed by atoms with Crippen molar-refractivity contribution in [2.75, 3.05) is 23.3 Å². The lowest BCUT2D eigenvalue weighted by Gasteiger charge is -2.30. The van der Waals surface area contributed by atoms with Crippen LogP contribution in [0.1, 0.15) is 5.56 Å². The number of hydrogen-bond acceptors (Lipinski definition) is 2. The smallest absolute Gasteiger partial charge is 0.246 e. The number of nitrogens with one attached hydrogen (secondary N) is 1. The number of rotatable bonds is 3. The third-order valence-electron chi connectivity index (χ3n) is 3.45. The average Bonchev–Trinajstić information content (AvgIpc) is 2.47. The van der Waals surface area contributed by atoms with Gasteiger partial charge in [0.05, 0.1) is 17.9 Å². The van der Waals surface area contributed by atoms with Gasteiger partial charge in [0, 0.05) is 11.0 Å². The first kappa shape index (κ1) is 13.2. The Morgan fingerprint density at radius 3 is 2.75 bits per heavy atom. The van der Waals surface area contributed by atoms with Gasteiger partial charge in [-0.1, -0.05) is 46.3 Å². The fourth-order valence-electron chi connectivity index (χ4n) is 2.42. The van der Waals surface area contributed by atoms with Crippen LogP contribution in [0.3, 0.4) is 0 Å². The summed E-state index contributed by atoms with van der Waals surface area (Å²) in [6, 6.07) is 16.2. The van der Waals surface area contributed by atoms with Crippen molar-refractivity contribution in [3.05, 3.63) is 58.6 Å². The summed E-state index contributed by atoms with van der Waals surface area (Å²) in [5.74, 6) is 0.121. The fraction of sp³-hybridized carbons (Fsp3) is 0.188. The van der Waals surface area contributed by atoms with Crippen LogP contribution in [-0.2, 0) is 11.2 Å². The van der Waals surface area contributed by atoms with E-state index in [9.17, 15) is 4.79 Å². The molecule has 0 fully saturated rings. The number of amides is 1. The van der Waals surface area contributed by atoms with Crippen molar-refractivity contribution in [3.8, 4) is 0 Å². The van der Waals surface area contributed by atoms with Crippen LogP contribution in [0.25, 0.3) is 0 Å². The van der Waals surface area contributed by atoms with Crippen LogP contribution in [-0.4, -0.2) is 19.0 Å². The summed E-state index contributed by atoms with van der Waals surface area (Å²) in [4.78, 5) is 14.0. The zero-order chi connectivity index (χ0) is 13.9. The second-order valence-corrected chi connectivity index (χ2v) is 5.71.